The normalized spacial score (nSPS) is 10.7. The highest BCUT2D eigenvalue weighted by atomic mass is 35.5. The molecule has 0 spiro atoms. The molecule has 1 amide bonds. The number of nitrogens with zero attached hydrogens (tertiary/aromatic N) is 2. The minimum Gasteiger partial charge on any atom is -0.370 e. The van der Waals surface area contributed by atoms with Crippen LogP contribution in [0.4, 0.5) is 11.5 Å². The van der Waals surface area contributed by atoms with E-state index in [-0.39, 0.29) is 5.91 Å². The molecule has 23 heavy (non-hydrogen) atoms. The Labute approximate surface area is 141 Å². The number of anilines is 2. The lowest BCUT2D eigenvalue weighted by Crippen LogP contribution is -2.17. The summed E-state index contributed by atoms with van der Waals surface area (Å²) in [6.07, 6.45) is 0. The van der Waals surface area contributed by atoms with Crippen molar-refractivity contribution in [2.45, 2.75) is 27.7 Å². The van der Waals surface area contributed by atoms with Crippen molar-refractivity contribution in [1.29, 1.82) is 0 Å². The summed E-state index contributed by atoms with van der Waals surface area (Å²) >= 11 is 5.93. The van der Waals surface area contributed by atoms with E-state index in [1.165, 1.54) is 0 Å². The van der Waals surface area contributed by atoms with Gasteiger partial charge >= 0.3 is 0 Å². The molecule has 2 rings (SSSR count). The van der Waals surface area contributed by atoms with Gasteiger partial charge < -0.3 is 10.6 Å². The number of aromatic nitrogens is 2. The van der Waals surface area contributed by atoms with Crippen molar-refractivity contribution in [2.75, 3.05) is 17.2 Å². The van der Waals surface area contributed by atoms with Crippen LogP contribution < -0.4 is 10.6 Å². The van der Waals surface area contributed by atoms with Gasteiger partial charge in [-0.15, -0.1) is 0 Å². The summed E-state index contributed by atoms with van der Waals surface area (Å²) in [6, 6.07) is 6.99. The summed E-state index contributed by atoms with van der Waals surface area (Å²) in [5, 5.41) is 6.71. The van der Waals surface area contributed by atoms with Crippen LogP contribution in [0.1, 0.15) is 35.7 Å². The largest absolute Gasteiger partial charge is 0.370 e. The van der Waals surface area contributed by atoms with Gasteiger partial charge in [0.25, 0.3) is 5.91 Å². The molecule has 0 saturated heterocycles. The fourth-order valence-corrected chi connectivity index (χ4v) is 2.26. The van der Waals surface area contributed by atoms with E-state index in [9.17, 15) is 4.79 Å². The molecule has 0 unspecified atom stereocenters. The number of carbonyl (C=O) groups is 1. The summed E-state index contributed by atoms with van der Waals surface area (Å²) in [6.45, 7) is 8.66. The van der Waals surface area contributed by atoms with Crippen LogP contribution in [0.5, 0.6) is 0 Å². The van der Waals surface area contributed by atoms with Gasteiger partial charge in [0, 0.05) is 23.3 Å². The lowest BCUT2D eigenvalue weighted by Gasteiger charge is -2.11. The van der Waals surface area contributed by atoms with Gasteiger partial charge in [0.15, 0.2) is 0 Å². The number of benzene rings is 1. The first kappa shape index (κ1) is 17.2. The van der Waals surface area contributed by atoms with E-state index in [0.717, 1.165) is 12.1 Å². The predicted molar refractivity (Wildman–Crippen MR) is 94.2 cm³/mol. The molecule has 0 aliphatic rings. The number of carbonyl (C=O) groups excluding carboxylic acids is 1. The van der Waals surface area contributed by atoms with E-state index in [1.807, 2.05) is 6.92 Å². The molecule has 0 fully saturated rings. The van der Waals surface area contributed by atoms with E-state index < -0.39 is 0 Å². The zero-order valence-corrected chi connectivity index (χ0v) is 14.5. The second kappa shape index (κ2) is 7.42. The quantitative estimate of drug-likeness (QED) is 0.866. The molecule has 0 radical (unpaired) electrons. The van der Waals surface area contributed by atoms with Crippen molar-refractivity contribution in [3.63, 3.8) is 0 Å². The molecular formula is C17H21ClN4O. The Kier molecular flexibility index (Phi) is 5.55. The van der Waals surface area contributed by atoms with Crippen LogP contribution in [0, 0.1) is 19.8 Å². The number of rotatable bonds is 5. The maximum absolute atomic E-state index is 12.4. The minimum absolute atomic E-state index is 0.270. The third-order valence-corrected chi connectivity index (χ3v) is 3.43. The third-order valence-electron chi connectivity index (χ3n) is 3.20. The predicted octanol–water partition coefficient (Wildman–Crippen LogP) is 4.07. The fourth-order valence-electron chi connectivity index (χ4n) is 2.04. The molecule has 0 aliphatic heterocycles. The highest BCUT2D eigenvalue weighted by molar-refractivity contribution is 6.30. The summed E-state index contributed by atoms with van der Waals surface area (Å²) in [7, 11) is 0. The topological polar surface area (TPSA) is 66.9 Å². The van der Waals surface area contributed by atoms with Gasteiger partial charge in [0.2, 0.25) is 0 Å². The Balaban J connectivity index is 2.18. The maximum atomic E-state index is 12.4. The summed E-state index contributed by atoms with van der Waals surface area (Å²) in [5.74, 6) is 1.42. The first-order valence-electron chi connectivity index (χ1n) is 7.52. The molecule has 0 bridgehead atoms. The van der Waals surface area contributed by atoms with Gasteiger partial charge in [-0.2, -0.15) is 0 Å². The molecule has 1 heterocycles. The number of hydrogen-bond donors (Lipinski definition) is 2. The Morgan fingerprint density at radius 3 is 2.61 bits per heavy atom. The fraction of sp³-hybridized carbons (Fsp3) is 0.353. The first-order valence-corrected chi connectivity index (χ1v) is 7.90. The SMILES string of the molecule is Cc1nc(NCC(C)C)cc(C(=O)Nc2ccc(Cl)cc2C)n1. The van der Waals surface area contributed by atoms with Crippen LogP contribution in [-0.2, 0) is 0 Å². The number of hydrogen-bond acceptors (Lipinski definition) is 4. The van der Waals surface area contributed by atoms with Crippen molar-refractivity contribution in [3.8, 4) is 0 Å². The molecule has 0 saturated carbocycles. The minimum atomic E-state index is -0.270. The molecule has 1 aromatic heterocycles. The molecular weight excluding hydrogens is 312 g/mol. The highest BCUT2D eigenvalue weighted by Gasteiger charge is 2.12. The van der Waals surface area contributed by atoms with Crippen molar-refractivity contribution < 1.29 is 4.79 Å². The zero-order chi connectivity index (χ0) is 17.0. The van der Waals surface area contributed by atoms with E-state index >= 15 is 0 Å². The first-order chi connectivity index (χ1) is 10.8. The van der Waals surface area contributed by atoms with E-state index in [0.29, 0.717) is 34.0 Å². The molecule has 6 heteroatoms. The van der Waals surface area contributed by atoms with Crippen LogP contribution in [0.25, 0.3) is 0 Å². The standard InChI is InChI=1S/C17H21ClN4O/c1-10(2)9-19-16-8-15(20-12(4)21-16)17(23)22-14-6-5-13(18)7-11(14)3/h5-8,10H,9H2,1-4H3,(H,22,23)(H,19,20,21). The smallest absolute Gasteiger partial charge is 0.274 e. The van der Waals surface area contributed by atoms with Crippen molar-refractivity contribution in [1.82, 2.24) is 9.97 Å². The maximum Gasteiger partial charge on any atom is 0.274 e. The Hall–Kier alpha value is -2.14. The second-order valence-corrected chi connectivity index (χ2v) is 6.31. The van der Waals surface area contributed by atoms with Crippen LogP contribution >= 0.6 is 11.6 Å². The Morgan fingerprint density at radius 1 is 1.22 bits per heavy atom. The lowest BCUT2D eigenvalue weighted by molar-refractivity contribution is 0.102. The zero-order valence-electron chi connectivity index (χ0n) is 13.8. The molecule has 122 valence electrons. The van der Waals surface area contributed by atoms with Gasteiger partial charge in [-0.25, -0.2) is 9.97 Å². The number of halogens is 1. The second-order valence-electron chi connectivity index (χ2n) is 5.87. The Morgan fingerprint density at radius 2 is 1.96 bits per heavy atom. The third kappa shape index (κ3) is 4.93. The Bertz CT molecular complexity index is 716. The molecule has 0 aliphatic carbocycles. The van der Waals surface area contributed by atoms with Crippen LogP contribution in [-0.4, -0.2) is 22.4 Å². The number of amides is 1. The summed E-state index contributed by atoms with van der Waals surface area (Å²) in [4.78, 5) is 21.0. The number of nitrogens with one attached hydrogen (secondary N) is 2. The van der Waals surface area contributed by atoms with Gasteiger partial charge in [-0.1, -0.05) is 25.4 Å². The van der Waals surface area contributed by atoms with Gasteiger partial charge in [-0.3, -0.25) is 4.79 Å². The molecule has 0 atom stereocenters. The van der Waals surface area contributed by atoms with Crippen LogP contribution in [0.2, 0.25) is 5.02 Å². The lowest BCUT2D eigenvalue weighted by atomic mass is 10.2. The van der Waals surface area contributed by atoms with Crippen molar-refractivity contribution in [3.05, 3.63) is 46.4 Å². The van der Waals surface area contributed by atoms with E-state index in [1.54, 1.807) is 31.2 Å². The molecule has 5 nitrogen and oxygen atoms in total. The monoisotopic (exact) mass is 332 g/mol. The van der Waals surface area contributed by atoms with Gasteiger partial charge in [-0.05, 0) is 43.5 Å². The van der Waals surface area contributed by atoms with Crippen molar-refractivity contribution in [2.24, 2.45) is 5.92 Å². The van der Waals surface area contributed by atoms with Gasteiger partial charge in [0.1, 0.15) is 17.3 Å². The average molecular weight is 333 g/mol. The van der Waals surface area contributed by atoms with E-state index in [4.69, 9.17) is 11.6 Å². The van der Waals surface area contributed by atoms with Crippen LogP contribution in [0.15, 0.2) is 24.3 Å². The number of aryl methyl sites for hydroxylation is 2. The highest BCUT2D eigenvalue weighted by Crippen LogP contribution is 2.20. The summed E-state index contributed by atoms with van der Waals surface area (Å²) in [5.41, 5.74) is 1.94. The molecule has 1 aromatic carbocycles. The molecule has 2 N–H and O–H groups in total. The average Bonchev–Trinajstić information content (AvgIpc) is 2.47. The van der Waals surface area contributed by atoms with E-state index in [2.05, 4.69) is 34.4 Å². The molecule has 2 aromatic rings. The summed E-state index contributed by atoms with van der Waals surface area (Å²) < 4.78 is 0. The van der Waals surface area contributed by atoms with Gasteiger partial charge in [0.05, 0.1) is 0 Å². The van der Waals surface area contributed by atoms with Crippen molar-refractivity contribution >= 4 is 29.0 Å². The van der Waals surface area contributed by atoms with Crippen LogP contribution in [0.3, 0.4) is 0 Å².